The number of anilines is 1. The van der Waals surface area contributed by atoms with Crippen LogP contribution in [0.5, 0.6) is 0 Å². The average Bonchev–Trinajstić information content (AvgIpc) is 3.07. The van der Waals surface area contributed by atoms with E-state index in [2.05, 4.69) is 35.0 Å². The standard InChI is InChI=1S/C19H35N5O3Si/c1-6-8-11-26-19(28(4)5)15(27-14(3)25-7-2)9-10-24-13-23-16-17(20)21-12-22-18(16)24/h12-15,19,28H,6-11H2,1-5H3,(H2,20,21,22). The topological polar surface area (TPSA) is 97.3 Å². The molecule has 0 aliphatic heterocycles. The Bertz CT molecular complexity index is 712. The molecule has 8 nitrogen and oxygen atoms in total. The van der Waals surface area contributed by atoms with Crippen LogP contribution in [0.4, 0.5) is 5.82 Å². The second kappa shape index (κ2) is 11.4. The Hall–Kier alpha value is -1.55. The fourth-order valence-electron chi connectivity index (χ4n) is 3.25. The van der Waals surface area contributed by atoms with E-state index < -0.39 is 8.80 Å². The Balaban J connectivity index is 2.13. The molecular formula is C19H35N5O3Si. The first-order valence-corrected chi connectivity index (χ1v) is 13.2. The predicted molar refractivity (Wildman–Crippen MR) is 114 cm³/mol. The number of unbranched alkanes of at least 4 members (excludes halogenated alkanes) is 1. The van der Waals surface area contributed by atoms with Gasteiger partial charge in [0.2, 0.25) is 0 Å². The molecule has 0 radical (unpaired) electrons. The number of nitrogens with zero attached hydrogens (tertiary/aromatic N) is 4. The summed E-state index contributed by atoms with van der Waals surface area (Å²) >= 11 is 0. The van der Waals surface area contributed by atoms with Gasteiger partial charge in [0.05, 0.1) is 27.0 Å². The van der Waals surface area contributed by atoms with Crippen molar-refractivity contribution in [2.75, 3.05) is 18.9 Å². The van der Waals surface area contributed by atoms with E-state index >= 15 is 0 Å². The van der Waals surface area contributed by atoms with E-state index in [0.29, 0.717) is 24.5 Å². The minimum atomic E-state index is -1.11. The molecular weight excluding hydrogens is 374 g/mol. The summed E-state index contributed by atoms with van der Waals surface area (Å²) in [5.41, 5.74) is 7.41. The molecule has 2 aromatic heterocycles. The minimum absolute atomic E-state index is 0.0401. The van der Waals surface area contributed by atoms with Crippen LogP contribution in [-0.4, -0.2) is 59.7 Å². The highest BCUT2D eigenvalue weighted by Crippen LogP contribution is 2.19. The fraction of sp³-hybridized carbons (Fsp3) is 0.737. The maximum absolute atomic E-state index is 6.28. The van der Waals surface area contributed by atoms with Crippen LogP contribution >= 0.6 is 0 Å². The van der Waals surface area contributed by atoms with Crippen LogP contribution in [0.25, 0.3) is 11.2 Å². The number of ether oxygens (including phenoxy) is 3. The molecule has 9 heteroatoms. The second-order valence-corrected chi connectivity index (χ2v) is 10.4. The zero-order chi connectivity index (χ0) is 20.5. The smallest absolute Gasteiger partial charge is 0.165 e. The minimum Gasteiger partial charge on any atom is -0.382 e. The third-order valence-electron chi connectivity index (χ3n) is 4.68. The molecule has 0 amide bonds. The molecule has 0 aliphatic carbocycles. The molecule has 2 heterocycles. The van der Waals surface area contributed by atoms with Crippen molar-refractivity contribution < 1.29 is 14.2 Å². The molecule has 0 bridgehead atoms. The van der Waals surface area contributed by atoms with Gasteiger partial charge in [-0.3, -0.25) is 0 Å². The van der Waals surface area contributed by atoms with E-state index in [1.165, 1.54) is 6.33 Å². The number of imidazole rings is 1. The van der Waals surface area contributed by atoms with Gasteiger partial charge >= 0.3 is 0 Å². The number of nitrogen functional groups attached to an aromatic ring is 1. The van der Waals surface area contributed by atoms with E-state index in [-0.39, 0.29) is 18.1 Å². The fourth-order valence-corrected chi connectivity index (χ4v) is 4.91. The molecule has 2 aromatic rings. The van der Waals surface area contributed by atoms with Crippen LogP contribution in [0.2, 0.25) is 13.1 Å². The van der Waals surface area contributed by atoms with Crippen molar-refractivity contribution in [1.29, 1.82) is 0 Å². The van der Waals surface area contributed by atoms with Crippen molar-refractivity contribution >= 4 is 25.8 Å². The van der Waals surface area contributed by atoms with Gasteiger partial charge in [0.1, 0.15) is 11.8 Å². The molecule has 0 aliphatic rings. The van der Waals surface area contributed by atoms with Gasteiger partial charge in [0, 0.05) is 19.8 Å². The largest absolute Gasteiger partial charge is 0.382 e. The Morgan fingerprint density at radius 2 is 1.96 bits per heavy atom. The van der Waals surface area contributed by atoms with Crippen molar-refractivity contribution in [1.82, 2.24) is 19.5 Å². The summed E-state index contributed by atoms with van der Waals surface area (Å²) in [5, 5.41) is 0. The molecule has 3 unspecified atom stereocenters. The lowest BCUT2D eigenvalue weighted by molar-refractivity contribution is -0.179. The van der Waals surface area contributed by atoms with Crippen molar-refractivity contribution in [3.8, 4) is 0 Å². The summed E-state index contributed by atoms with van der Waals surface area (Å²) in [6, 6.07) is 0. The number of nitrogens with two attached hydrogens (primary N) is 1. The predicted octanol–water partition coefficient (Wildman–Crippen LogP) is 2.78. The number of rotatable bonds is 13. The average molecular weight is 410 g/mol. The lowest BCUT2D eigenvalue weighted by Crippen LogP contribution is -2.43. The second-order valence-electron chi connectivity index (χ2n) is 7.29. The molecule has 3 atom stereocenters. The van der Waals surface area contributed by atoms with E-state index in [4.69, 9.17) is 19.9 Å². The summed E-state index contributed by atoms with van der Waals surface area (Å²) in [7, 11) is -1.11. The van der Waals surface area contributed by atoms with Gasteiger partial charge in [-0.2, -0.15) is 0 Å². The summed E-state index contributed by atoms with van der Waals surface area (Å²) in [4.78, 5) is 12.7. The first kappa shape index (κ1) is 22.7. The Labute approximate surface area is 169 Å². The highest BCUT2D eigenvalue weighted by Gasteiger charge is 2.28. The van der Waals surface area contributed by atoms with Gasteiger partial charge in [-0.1, -0.05) is 26.4 Å². The van der Waals surface area contributed by atoms with Gasteiger partial charge in [-0.05, 0) is 26.7 Å². The third kappa shape index (κ3) is 6.23. The first-order valence-electron chi connectivity index (χ1n) is 10.3. The number of fused-ring (bicyclic) bond motifs is 1. The Kier molecular flexibility index (Phi) is 9.30. The van der Waals surface area contributed by atoms with E-state index in [9.17, 15) is 0 Å². The lowest BCUT2D eigenvalue weighted by Gasteiger charge is -2.32. The quantitative estimate of drug-likeness (QED) is 0.309. The first-order chi connectivity index (χ1) is 13.5. The SMILES string of the molecule is CCCCOC(C(CCn1cnc2c(N)ncnc21)OC(C)OCC)[SiH](C)C. The zero-order valence-electron chi connectivity index (χ0n) is 17.8. The molecule has 0 spiro atoms. The normalized spacial score (nSPS) is 15.2. The summed E-state index contributed by atoms with van der Waals surface area (Å²) < 4.78 is 20.2. The van der Waals surface area contributed by atoms with Crippen molar-refractivity contribution in [2.45, 2.75) is 77.8 Å². The number of hydrogen-bond acceptors (Lipinski definition) is 7. The molecule has 0 saturated heterocycles. The highest BCUT2D eigenvalue weighted by molar-refractivity contribution is 6.57. The molecule has 158 valence electrons. The van der Waals surface area contributed by atoms with E-state index in [1.54, 1.807) is 6.33 Å². The van der Waals surface area contributed by atoms with Crippen LogP contribution in [0.3, 0.4) is 0 Å². The van der Waals surface area contributed by atoms with Crippen molar-refractivity contribution in [2.24, 2.45) is 0 Å². The molecule has 0 aromatic carbocycles. The van der Waals surface area contributed by atoms with Crippen LogP contribution in [0.1, 0.15) is 40.0 Å². The van der Waals surface area contributed by atoms with Crippen LogP contribution < -0.4 is 5.73 Å². The van der Waals surface area contributed by atoms with Gasteiger partial charge in [0.15, 0.2) is 17.8 Å². The molecule has 0 fully saturated rings. The lowest BCUT2D eigenvalue weighted by atomic mass is 10.2. The van der Waals surface area contributed by atoms with Gasteiger partial charge in [0.25, 0.3) is 0 Å². The number of aromatic nitrogens is 4. The zero-order valence-corrected chi connectivity index (χ0v) is 19.0. The molecule has 2 rings (SSSR count). The Morgan fingerprint density at radius 3 is 2.64 bits per heavy atom. The summed E-state index contributed by atoms with van der Waals surface area (Å²) in [5.74, 6) is 0.400. The number of hydrogen-bond donors (Lipinski definition) is 1. The monoisotopic (exact) mass is 409 g/mol. The summed E-state index contributed by atoms with van der Waals surface area (Å²) in [6.45, 7) is 12.8. The maximum Gasteiger partial charge on any atom is 0.165 e. The van der Waals surface area contributed by atoms with Crippen LogP contribution in [0.15, 0.2) is 12.7 Å². The maximum atomic E-state index is 6.28. The van der Waals surface area contributed by atoms with Gasteiger partial charge < -0.3 is 24.5 Å². The Morgan fingerprint density at radius 1 is 1.18 bits per heavy atom. The van der Waals surface area contributed by atoms with Crippen molar-refractivity contribution in [3.05, 3.63) is 12.7 Å². The van der Waals surface area contributed by atoms with E-state index in [0.717, 1.165) is 31.5 Å². The van der Waals surface area contributed by atoms with Crippen LogP contribution in [0, 0.1) is 0 Å². The molecule has 2 N–H and O–H groups in total. The summed E-state index contributed by atoms with van der Waals surface area (Å²) in [6.07, 6.45) is 5.90. The van der Waals surface area contributed by atoms with Crippen LogP contribution in [-0.2, 0) is 20.8 Å². The molecule has 0 saturated carbocycles. The van der Waals surface area contributed by atoms with Crippen molar-refractivity contribution in [3.63, 3.8) is 0 Å². The highest BCUT2D eigenvalue weighted by atomic mass is 28.3. The van der Waals surface area contributed by atoms with Gasteiger partial charge in [-0.25, -0.2) is 15.0 Å². The van der Waals surface area contributed by atoms with E-state index in [1.807, 2.05) is 18.4 Å². The third-order valence-corrected chi connectivity index (χ3v) is 6.62. The number of aryl methyl sites for hydroxylation is 1. The van der Waals surface area contributed by atoms with Gasteiger partial charge in [-0.15, -0.1) is 0 Å². The molecule has 28 heavy (non-hydrogen) atoms.